The highest BCUT2D eigenvalue weighted by Gasteiger charge is 2.20. The summed E-state index contributed by atoms with van der Waals surface area (Å²) in [5.41, 5.74) is 0.800. The van der Waals surface area contributed by atoms with Crippen molar-refractivity contribution in [3.63, 3.8) is 0 Å². The third kappa shape index (κ3) is 3.68. The molecule has 0 radical (unpaired) electrons. The minimum absolute atomic E-state index is 0.111. The summed E-state index contributed by atoms with van der Waals surface area (Å²) in [5, 5.41) is 9.58. The molecule has 9 heteroatoms. The molecule has 2 N–H and O–H groups in total. The molecule has 1 aliphatic heterocycles. The van der Waals surface area contributed by atoms with E-state index >= 15 is 0 Å². The van der Waals surface area contributed by atoms with Gasteiger partial charge in [-0.2, -0.15) is 5.10 Å². The van der Waals surface area contributed by atoms with Crippen LogP contribution in [0.15, 0.2) is 47.2 Å². The molecule has 0 bridgehead atoms. The van der Waals surface area contributed by atoms with Crippen molar-refractivity contribution in [2.45, 2.75) is 6.54 Å². The molecule has 0 unspecified atom stereocenters. The summed E-state index contributed by atoms with van der Waals surface area (Å²) in [6, 6.07) is 8.42. The first-order chi connectivity index (χ1) is 13.6. The van der Waals surface area contributed by atoms with Gasteiger partial charge in [0.1, 0.15) is 19.0 Å². The molecular formula is C19H18N4O5. The summed E-state index contributed by atoms with van der Waals surface area (Å²) in [7, 11) is 1.67. The van der Waals surface area contributed by atoms with Gasteiger partial charge in [0.05, 0.1) is 18.5 Å². The Kier molecular flexibility index (Phi) is 4.71. The highest BCUT2D eigenvalue weighted by atomic mass is 16.6. The van der Waals surface area contributed by atoms with Crippen molar-refractivity contribution in [1.82, 2.24) is 15.1 Å². The number of benzene rings is 1. The maximum Gasteiger partial charge on any atom is 0.274 e. The number of nitrogens with one attached hydrogen (secondary N) is 2. The average Bonchev–Trinajstić information content (AvgIpc) is 3.35. The molecule has 0 spiro atoms. The highest BCUT2D eigenvalue weighted by molar-refractivity contribution is 6.08. The maximum absolute atomic E-state index is 12.6. The van der Waals surface area contributed by atoms with Gasteiger partial charge in [-0.1, -0.05) is 0 Å². The zero-order chi connectivity index (χ0) is 19.5. The third-order valence-electron chi connectivity index (χ3n) is 4.10. The van der Waals surface area contributed by atoms with Gasteiger partial charge in [0.25, 0.3) is 11.8 Å². The van der Waals surface area contributed by atoms with Crippen molar-refractivity contribution in [3.05, 3.63) is 59.8 Å². The highest BCUT2D eigenvalue weighted by Crippen LogP contribution is 2.31. The fraction of sp³-hybridized carbons (Fsp3) is 0.211. The van der Waals surface area contributed by atoms with Crippen LogP contribution < -0.4 is 20.1 Å². The Hall–Kier alpha value is -3.75. The number of carbonyl (C=O) groups is 2. The summed E-state index contributed by atoms with van der Waals surface area (Å²) in [5.74, 6) is 0.925. The van der Waals surface area contributed by atoms with Crippen molar-refractivity contribution in [3.8, 4) is 11.5 Å². The Bertz CT molecular complexity index is 1010. The number of nitrogens with zero attached hydrogens (tertiary/aromatic N) is 2. The number of furan rings is 1. The molecule has 0 fully saturated rings. The number of hydrogen-bond acceptors (Lipinski definition) is 6. The molecule has 0 saturated carbocycles. The van der Waals surface area contributed by atoms with Crippen molar-refractivity contribution in [2.75, 3.05) is 18.5 Å². The molecule has 0 aliphatic carbocycles. The fourth-order valence-electron chi connectivity index (χ4n) is 2.79. The number of anilines is 1. The van der Waals surface area contributed by atoms with Crippen LogP contribution >= 0.6 is 0 Å². The van der Waals surface area contributed by atoms with E-state index in [4.69, 9.17) is 13.9 Å². The van der Waals surface area contributed by atoms with E-state index in [1.807, 2.05) is 0 Å². The zero-order valence-electron chi connectivity index (χ0n) is 15.1. The smallest absolute Gasteiger partial charge is 0.274 e. The minimum Gasteiger partial charge on any atom is -0.486 e. The lowest BCUT2D eigenvalue weighted by atomic mass is 10.1. The number of rotatable bonds is 5. The lowest BCUT2D eigenvalue weighted by Crippen LogP contribution is -2.25. The standard InChI is InChI=1S/C19H18N4O5/c1-23-11-14(17(22-23)19(25)20-10-13-3-2-6-26-13)21-18(24)12-4-5-15-16(9-12)28-8-7-27-15/h2-6,9,11H,7-8,10H2,1H3,(H,20,25)(H,21,24). The van der Waals surface area contributed by atoms with Crippen molar-refractivity contribution in [2.24, 2.45) is 7.05 Å². The SMILES string of the molecule is Cn1cc(NC(=O)c2ccc3c(c2)OCCO3)c(C(=O)NCc2ccco2)n1. The van der Waals surface area contributed by atoms with E-state index in [-0.39, 0.29) is 18.1 Å². The lowest BCUT2D eigenvalue weighted by Gasteiger charge is -2.18. The van der Waals surface area contributed by atoms with E-state index in [1.165, 1.54) is 10.9 Å². The number of amides is 2. The van der Waals surface area contributed by atoms with Crippen LogP contribution in [-0.4, -0.2) is 34.8 Å². The molecule has 1 aliphatic rings. The molecular weight excluding hydrogens is 364 g/mol. The molecule has 2 aromatic heterocycles. The van der Waals surface area contributed by atoms with E-state index < -0.39 is 5.91 Å². The van der Waals surface area contributed by atoms with Crippen LogP contribution in [0, 0.1) is 0 Å². The van der Waals surface area contributed by atoms with Gasteiger partial charge in [-0.05, 0) is 30.3 Å². The van der Waals surface area contributed by atoms with Gasteiger partial charge in [-0.15, -0.1) is 0 Å². The Morgan fingerprint density at radius 2 is 1.96 bits per heavy atom. The van der Waals surface area contributed by atoms with Crippen LogP contribution in [0.5, 0.6) is 11.5 Å². The van der Waals surface area contributed by atoms with Crippen molar-refractivity contribution in [1.29, 1.82) is 0 Å². The van der Waals surface area contributed by atoms with Gasteiger partial charge in [-0.25, -0.2) is 0 Å². The first kappa shape index (κ1) is 17.7. The third-order valence-corrected chi connectivity index (χ3v) is 4.10. The van der Waals surface area contributed by atoms with Gasteiger partial charge >= 0.3 is 0 Å². The molecule has 1 aromatic carbocycles. The van der Waals surface area contributed by atoms with Crippen LogP contribution in [0.3, 0.4) is 0 Å². The van der Waals surface area contributed by atoms with E-state index in [1.54, 1.807) is 43.6 Å². The fourth-order valence-corrected chi connectivity index (χ4v) is 2.79. The van der Waals surface area contributed by atoms with Gasteiger partial charge in [0.15, 0.2) is 17.2 Å². The average molecular weight is 382 g/mol. The summed E-state index contributed by atoms with van der Waals surface area (Å²) in [4.78, 5) is 25.1. The number of fused-ring (bicyclic) bond motifs is 1. The number of carbonyl (C=O) groups excluding carboxylic acids is 2. The normalized spacial score (nSPS) is 12.5. The topological polar surface area (TPSA) is 108 Å². The first-order valence-electron chi connectivity index (χ1n) is 8.65. The summed E-state index contributed by atoms with van der Waals surface area (Å²) in [6.45, 7) is 1.13. The monoisotopic (exact) mass is 382 g/mol. The number of aryl methyl sites for hydroxylation is 1. The second-order valence-electron chi connectivity index (χ2n) is 6.14. The number of ether oxygens (including phenoxy) is 2. The van der Waals surface area contributed by atoms with E-state index in [2.05, 4.69) is 15.7 Å². The molecule has 9 nitrogen and oxygen atoms in total. The molecule has 28 heavy (non-hydrogen) atoms. The van der Waals surface area contributed by atoms with Crippen molar-refractivity contribution >= 4 is 17.5 Å². The second-order valence-corrected chi connectivity index (χ2v) is 6.14. The predicted molar refractivity (Wildman–Crippen MR) is 98.5 cm³/mol. The van der Waals surface area contributed by atoms with Crippen LogP contribution in [0.2, 0.25) is 0 Å². The van der Waals surface area contributed by atoms with Crippen LogP contribution in [-0.2, 0) is 13.6 Å². The summed E-state index contributed by atoms with van der Waals surface area (Å²) >= 11 is 0. The Morgan fingerprint density at radius 1 is 1.14 bits per heavy atom. The van der Waals surface area contributed by atoms with E-state index in [0.717, 1.165) is 0 Å². The van der Waals surface area contributed by atoms with Gasteiger partial charge in [0, 0.05) is 18.8 Å². The molecule has 0 saturated heterocycles. The van der Waals surface area contributed by atoms with Gasteiger partial charge < -0.3 is 24.5 Å². The Labute approximate surface area is 160 Å². The Morgan fingerprint density at radius 3 is 2.75 bits per heavy atom. The van der Waals surface area contributed by atoms with Crippen LogP contribution in [0.4, 0.5) is 5.69 Å². The molecule has 3 heterocycles. The van der Waals surface area contributed by atoms with Crippen LogP contribution in [0.1, 0.15) is 26.6 Å². The summed E-state index contributed by atoms with van der Waals surface area (Å²) < 4.78 is 17.6. The summed E-state index contributed by atoms with van der Waals surface area (Å²) in [6.07, 6.45) is 3.10. The van der Waals surface area contributed by atoms with Gasteiger partial charge in [0.2, 0.25) is 0 Å². The van der Waals surface area contributed by atoms with Crippen LogP contribution in [0.25, 0.3) is 0 Å². The Balaban J connectivity index is 1.48. The zero-order valence-corrected chi connectivity index (χ0v) is 15.1. The van der Waals surface area contributed by atoms with E-state index in [0.29, 0.717) is 41.7 Å². The minimum atomic E-state index is -0.422. The molecule has 3 aromatic rings. The number of aromatic nitrogens is 2. The predicted octanol–water partition coefficient (Wildman–Crippen LogP) is 1.97. The molecule has 2 amide bonds. The lowest BCUT2D eigenvalue weighted by molar-refractivity contribution is 0.0943. The quantitative estimate of drug-likeness (QED) is 0.699. The van der Waals surface area contributed by atoms with Gasteiger partial charge in [-0.3, -0.25) is 14.3 Å². The molecule has 4 rings (SSSR count). The molecule has 0 atom stereocenters. The maximum atomic E-state index is 12.6. The first-order valence-corrected chi connectivity index (χ1v) is 8.65. The second kappa shape index (κ2) is 7.47. The van der Waals surface area contributed by atoms with E-state index in [9.17, 15) is 9.59 Å². The largest absolute Gasteiger partial charge is 0.486 e. The van der Waals surface area contributed by atoms with Crippen molar-refractivity contribution < 1.29 is 23.5 Å². The molecule has 144 valence electrons. The number of hydrogen-bond donors (Lipinski definition) is 2.